The van der Waals surface area contributed by atoms with Gasteiger partial charge in [-0.05, 0) is 19.3 Å². The maximum atomic E-state index is 14.2. The molecule has 0 rings (SSSR count). The Morgan fingerprint density at radius 2 is 0.747 bits per heavy atom. The molecule has 0 bridgehead atoms. The molecule has 0 aliphatic heterocycles. The second-order valence-electron chi connectivity index (χ2n) is 24.5. The first kappa shape index (κ1) is 86.0. The van der Waals surface area contributed by atoms with E-state index in [0.717, 1.165) is 82.4 Å². The first-order valence-corrected chi connectivity index (χ1v) is 36.6. The van der Waals surface area contributed by atoms with Gasteiger partial charge >= 0.3 is 17.9 Å². The quantitative estimate of drug-likeness (QED) is 0.0200. The number of nitrogens with one attached hydrogen (secondary N) is 6. The molecule has 0 spiro atoms. The Morgan fingerprint density at radius 3 is 1.15 bits per heavy atom. The number of nitrogens with two attached hydrogens (primary N) is 1. The zero-order valence-corrected chi connectivity index (χ0v) is 57.3. The summed E-state index contributed by atoms with van der Waals surface area (Å²) in [4.78, 5) is 129. The molecule has 0 radical (unpaired) electrons. The van der Waals surface area contributed by atoms with Gasteiger partial charge in [-0.3, -0.25) is 43.2 Å². The van der Waals surface area contributed by atoms with E-state index in [-0.39, 0.29) is 37.4 Å². The molecule has 91 heavy (non-hydrogen) atoms. The van der Waals surface area contributed by atoms with Crippen molar-refractivity contribution < 1.29 is 72.7 Å². The van der Waals surface area contributed by atoms with Crippen molar-refractivity contribution in [1.29, 1.82) is 0 Å². The van der Waals surface area contributed by atoms with E-state index >= 15 is 0 Å². The molecule has 7 amide bonds. The van der Waals surface area contributed by atoms with Gasteiger partial charge in [0.25, 0.3) is 0 Å². The van der Waals surface area contributed by atoms with Gasteiger partial charge in [0.2, 0.25) is 41.4 Å². The molecule has 11 N–H and O–H groups in total. The van der Waals surface area contributed by atoms with Crippen LogP contribution in [-0.4, -0.2) is 149 Å². The third-order valence-electron chi connectivity index (χ3n) is 16.0. The molecule has 0 aliphatic rings. The number of rotatable bonds is 65. The fraction of sp³-hybridized carbons (Fsp3) is 0.853. The first-order valence-electron chi connectivity index (χ1n) is 35.4. The number of amides is 7. The van der Waals surface area contributed by atoms with E-state index in [2.05, 4.69) is 47.4 Å². The minimum atomic E-state index is -1.73. The number of aliphatic hydroxyl groups is 2. The third kappa shape index (κ3) is 53.1. The molecule has 0 aromatic carbocycles. The Hall–Kier alpha value is -5.03. The molecule has 528 valence electrons. The number of hydrogen-bond acceptors (Lipinski definition) is 15. The summed E-state index contributed by atoms with van der Waals surface area (Å²) >= 11 is 1.14. The molecule has 23 heteroatoms. The largest absolute Gasteiger partial charge is 0.480 e. The second-order valence-corrected chi connectivity index (χ2v) is 25.6. The van der Waals surface area contributed by atoms with Crippen LogP contribution in [0, 0.1) is 0 Å². The van der Waals surface area contributed by atoms with Gasteiger partial charge in [-0.2, -0.15) is 11.8 Å². The van der Waals surface area contributed by atoms with Gasteiger partial charge < -0.3 is 62.4 Å². The van der Waals surface area contributed by atoms with Crippen molar-refractivity contribution in [1.82, 2.24) is 31.9 Å². The summed E-state index contributed by atoms with van der Waals surface area (Å²) in [6.07, 6.45) is 43.3. The van der Waals surface area contributed by atoms with Crippen molar-refractivity contribution >= 4 is 71.0 Å². The van der Waals surface area contributed by atoms with Crippen LogP contribution < -0.4 is 37.6 Å². The van der Waals surface area contributed by atoms with Crippen molar-refractivity contribution in [3.8, 4) is 0 Å². The number of aliphatic carboxylic acids is 1. The number of hydrogen-bond donors (Lipinski definition) is 10. The van der Waals surface area contributed by atoms with Crippen LogP contribution in [0.2, 0.25) is 0 Å². The topological polar surface area (TPSA) is 348 Å². The van der Waals surface area contributed by atoms with Gasteiger partial charge in [0.05, 0.1) is 32.7 Å². The maximum absolute atomic E-state index is 14.2. The number of ether oxygens (including phenoxy) is 2. The first-order chi connectivity index (χ1) is 44.0. The number of carboxylic acids is 1. The van der Waals surface area contributed by atoms with Gasteiger partial charge in [0, 0.05) is 30.8 Å². The standard InChI is InChI=1S/C68H125N7O15S/c1-4-7-10-13-16-19-22-25-28-31-34-37-40-43-60(79)73-58(67(86)74-55(46-59(69)78)66(85)75-56(49-76)65(84)71-47-61(80)70-48-62(81)72-57(50-77)68(87)88)53-91-52-54(90-64(83)45-42-39-36-33-30-27-24-21-18-15-12-9-6-3)51-89-63(82)44-41-38-35-32-29-26-23-20-17-14-11-8-5-2/h54-58,76-77H,4-53H2,1-3H3,(H2,69,78)(H,70,80)(H,71,84)(H,72,81)(H,73,79)(H,74,86)(H,75,85)(H,87,88)/t54?,55-,56+,57+,58+/m1/s1. The molecule has 0 aromatic heterocycles. The molecule has 0 heterocycles. The summed E-state index contributed by atoms with van der Waals surface area (Å²) in [6, 6.07) is -6.38. The van der Waals surface area contributed by atoms with E-state index in [4.69, 9.17) is 25.4 Å². The van der Waals surface area contributed by atoms with E-state index in [9.17, 15) is 53.1 Å². The molecule has 22 nitrogen and oxygen atoms in total. The SMILES string of the molecule is CCCCCCCCCCCCCCCC(=O)N[C@@H](CSCC(COC(=O)CCCCCCCCCCCCCCC)OC(=O)CCCCCCCCCCCCCCC)C(=O)N[C@H](CC(N)=O)C(=O)N[C@@H](CO)C(=O)NCC(=O)NCC(=O)N[C@@H](CO)C(=O)O. The number of unbranched alkanes of at least 4 members (excludes halogenated alkanes) is 36. The summed E-state index contributed by atoms with van der Waals surface area (Å²) in [5.41, 5.74) is 5.51. The number of thioether (sulfide) groups is 1. The van der Waals surface area contributed by atoms with Crippen LogP contribution in [-0.2, 0) is 57.4 Å². The number of carbonyl (C=O) groups excluding carboxylic acids is 9. The van der Waals surface area contributed by atoms with Crippen molar-refractivity contribution in [2.75, 3.05) is 44.4 Å². The molecule has 0 aromatic rings. The number of primary amides is 1. The van der Waals surface area contributed by atoms with Gasteiger partial charge in [-0.1, -0.05) is 252 Å². The van der Waals surface area contributed by atoms with Crippen LogP contribution in [0.4, 0.5) is 0 Å². The molecule has 0 saturated carbocycles. The van der Waals surface area contributed by atoms with Crippen molar-refractivity contribution in [2.45, 2.75) is 327 Å². The summed E-state index contributed by atoms with van der Waals surface area (Å²) < 4.78 is 11.6. The van der Waals surface area contributed by atoms with Gasteiger partial charge in [-0.15, -0.1) is 0 Å². The zero-order valence-electron chi connectivity index (χ0n) is 56.5. The second kappa shape index (κ2) is 61.2. The van der Waals surface area contributed by atoms with E-state index in [1.165, 1.54) is 161 Å². The lowest BCUT2D eigenvalue weighted by Crippen LogP contribution is -2.59. The van der Waals surface area contributed by atoms with Gasteiger partial charge in [0.15, 0.2) is 0 Å². The zero-order chi connectivity index (χ0) is 67.4. The summed E-state index contributed by atoms with van der Waals surface area (Å²) in [7, 11) is 0. The van der Waals surface area contributed by atoms with E-state index < -0.39 is 122 Å². The predicted molar refractivity (Wildman–Crippen MR) is 358 cm³/mol. The highest BCUT2D eigenvalue weighted by molar-refractivity contribution is 7.99. The van der Waals surface area contributed by atoms with Crippen molar-refractivity contribution in [3.05, 3.63) is 0 Å². The fourth-order valence-corrected chi connectivity index (χ4v) is 11.4. The van der Waals surface area contributed by atoms with Crippen LogP contribution in [0.25, 0.3) is 0 Å². The van der Waals surface area contributed by atoms with E-state index in [1.54, 1.807) is 0 Å². The number of carbonyl (C=O) groups is 10. The lowest BCUT2D eigenvalue weighted by molar-refractivity contribution is -0.157. The maximum Gasteiger partial charge on any atom is 0.328 e. The monoisotopic (exact) mass is 1310 g/mol. The number of carboxylic acid groups (broad SMARTS) is 1. The van der Waals surface area contributed by atoms with Gasteiger partial charge in [0.1, 0.15) is 36.9 Å². The summed E-state index contributed by atoms with van der Waals surface area (Å²) in [6.45, 7) is 3.06. The molecule has 5 atom stereocenters. The Morgan fingerprint density at radius 1 is 0.385 bits per heavy atom. The van der Waals surface area contributed by atoms with Crippen molar-refractivity contribution in [2.24, 2.45) is 5.73 Å². The molecular weight excluding hydrogens is 1190 g/mol. The average molecular weight is 1310 g/mol. The van der Waals surface area contributed by atoms with Crippen molar-refractivity contribution in [3.63, 3.8) is 0 Å². The number of aliphatic hydroxyl groups excluding tert-OH is 2. The van der Waals surface area contributed by atoms with Gasteiger partial charge in [-0.25, -0.2) is 4.79 Å². The fourth-order valence-electron chi connectivity index (χ4n) is 10.4. The highest BCUT2D eigenvalue weighted by atomic mass is 32.2. The van der Waals surface area contributed by atoms with E-state index in [1.807, 2.05) is 5.32 Å². The highest BCUT2D eigenvalue weighted by Gasteiger charge is 2.32. The molecule has 0 fully saturated rings. The number of esters is 2. The summed E-state index contributed by atoms with van der Waals surface area (Å²) in [5.74, 6) is -8.86. The lowest BCUT2D eigenvalue weighted by atomic mass is 10.0. The van der Waals surface area contributed by atoms with Crippen LogP contribution in [0.5, 0.6) is 0 Å². The van der Waals surface area contributed by atoms with Crippen LogP contribution in [0.3, 0.4) is 0 Å². The smallest absolute Gasteiger partial charge is 0.328 e. The highest BCUT2D eigenvalue weighted by Crippen LogP contribution is 2.18. The van der Waals surface area contributed by atoms with Crippen LogP contribution >= 0.6 is 11.8 Å². The Labute approximate surface area is 550 Å². The predicted octanol–water partition coefficient (Wildman–Crippen LogP) is 9.73. The molecule has 0 aliphatic carbocycles. The normalized spacial score (nSPS) is 12.8. The molecule has 1 unspecified atom stereocenters. The lowest BCUT2D eigenvalue weighted by Gasteiger charge is -2.25. The Balaban J connectivity index is 6.04. The average Bonchev–Trinajstić information content (AvgIpc) is 2.47. The van der Waals surface area contributed by atoms with Crippen LogP contribution in [0.1, 0.15) is 297 Å². The summed E-state index contributed by atoms with van der Waals surface area (Å²) in [5, 5.41) is 42.0. The Bertz CT molecular complexity index is 1950. The van der Waals surface area contributed by atoms with E-state index in [0.29, 0.717) is 19.3 Å². The third-order valence-corrected chi connectivity index (χ3v) is 17.2. The molecular formula is C68H125N7O15S. The minimum absolute atomic E-state index is 0.0630. The molecule has 0 saturated heterocycles. The van der Waals surface area contributed by atoms with Crippen LogP contribution in [0.15, 0.2) is 0 Å². The Kier molecular flexibility index (Phi) is 57.8. The minimum Gasteiger partial charge on any atom is -0.480 e.